The first-order valence-corrected chi connectivity index (χ1v) is 2.71. The molecule has 0 saturated carbocycles. The zero-order valence-corrected chi connectivity index (χ0v) is 5.36. The lowest BCUT2D eigenvalue weighted by Crippen LogP contribution is -2.07. The van der Waals surface area contributed by atoms with Crippen LogP contribution in [0.1, 0.15) is 27.2 Å². The van der Waals surface area contributed by atoms with Crippen LogP contribution in [0.3, 0.4) is 0 Å². The molecule has 0 amide bonds. The summed E-state index contributed by atoms with van der Waals surface area (Å²) in [6, 6.07) is 1.04. The molecule has 0 atom stereocenters. The molecular formula is C6H14N. The molecule has 1 radical (unpaired) electrons. The van der Waals surface area contributed by atoms with Gasteiger partial charge in [-0.05, 0) is 19.3 Å². The third-order valence-electron chi connectivity index (χ3n) is 0.730. The summed E-state index contributed by atoms with van der Waals surface area (Å²) in [5, 5.41) is 0. The molecule has 0 fully saturated rings. The zero-order valence-electron chi connectivity index (χ0n) is 5.36. The summed E-state index contributed by atoms with van der Waals surface area (Å²) < 4.78 is 0. The minimum absolute atomic E-state index is 0.713. The predicted octanol–water partition coefficient (Wildman–Crippen LogP) is 1.54. The second-order valence-corrected chi connectivity index (χ2v) is 2.44. The molecule has 0 heterocycles. The summed E-state index contributed by atoms with van der Waals surface area (Å²) in [6.45, 7) is 6.28. The second-order valence-electron chi connectivity index (χ2n) is 2.44. The monoisotopic (exact) mass is 100 g/mol. The Balaban J connectivity index is 2.95. The maximum Gasteiger partial charge on any atom is 0.0308 e. The molecule has 0 saturated heterocycles. The van der Waals surface area contributed by atoms with Gasteiger partial charge in [0.05, 0.1) is 0 Å². The summed E-state index contributed by atoms with van der Waals surface area (Å²) in [7, 11) is 0. The van der Waals surface area contributed by atoms with Crippen molar-refractivity contribution in [2.45, 2.75) is 27.2 Å². The zero-order chi connectivity index (χ0) is 5.86. The fraction of sp³-hybridized carbons (Fsp3) is 0.833. The Labute approximate surface area is 45.9 Å². The number of hydrogen-bond donors (Lipinski definition) is 1. The molecule has 0 aliphatic heterocycles. The fourth-order valence-electron chi connectivity index (χ4n) is 0.644. The van der Waals surface area contributed by atoms with Crippen LogP contribution in [0.2, 0.25) is 0 Å². The summed E-state index contributed by atoms with van der Waals surface area (Å²) in [4.78, 5) is 0. The Morgan fingerprint density at radius 3 is 2.00 bits per heavy atom. The lowest BCUT2D eigenvalue weighted by molar-refractivity contribution is 0.593. The molecule has 7 heavy (non-hydrogen) atoms. The highest BCUT2D eigenvalue weighted by Crippen LogP contribution is 2.05. The van der Waals surface area contributed by atoms with Gasteiger partial charge in [0.2, 0.25) is 0 Å². The molecule has 2 N–H and O–H groups in total. The molecule has 0 unspecified atom stereocenters. The number of nitrogens with two attached hydrogens (primary N) is 1. The molecule has 43 valence electrons. The van der Waals surface area contributed by atoms with Crippen LogP contribution in [0.15, 0.2) is 0 Å². The van der Waals surface area contributed by atoms with Crippen molar-refractivity contribution in [3.8, 4) is 0 Å². The SMILES string of the molecule is C[C](N)CC(C)C. The molecule has 0 aromatic heterocycles. The topological polar surface area (TPSA) is 26.0 Å². The van der Waals surface area contributed by atoms with Gasteiger partial charge in [0.1, 0.15) is 0 Å². The van der Waals surface area contributed by atoms with E-state index >= 15 is 0 Å². The van der Waals surface area contributed by atoms with Crippen LogP contribution in [0, 0.1) is 12.0 Å². The van der Waals surface area contributed by atoms with Gasteiger partial charge in [-0.1, -0.05) is 13.8 Å². The van der Waals surface area contributed by atoms with Gasteiger partial charge in [-0.2, -0.15) is 0 Å². The van der Waals surface area contributed by atoms with E-state index in [1.165, 1.54) is 0 Å². The van der Waals surface area contributed by atoms with E-state index in [1.54, 1.807) is 0 Å². The molecule has 0 aromatic carbocycles. The van der Waals surface area contributed by atoms with E-state index in [2.05, 4.69) is 13.8 Å². The molecule has 0 bridgehead atoms. The Bertz CT molecular complexity index is 33.4. The normalized spacial score (nSPS) is 11.1. The van der Waals surface area contributed by atoms with Crippen LogP contribution < -0.4 is 5.73 Å². The maximum atomic E-state index is 5.41. The summed E-state index contributed by atoms with van der Waals surface area (Å²) in [5.41, 5.74) is 5.41. The van der Waals surface area contributed by atoms with Crippen LogP contribution in [0.4, 0.5) is 0 Å². The quantitative estimate of drug-likeness (QED) is 0.559. The van der Waals surface area contributed by atoms with Crippen molar-refractivity contribution in [3.63, 3.8) is 0 Å². The van der Waals surface area contributed by atoms with Crippen molar-refractivity contribution in [3.05, 3.63) is 6.04 Å². The number of hydrogen-bond acceptors (Lipinski definition) is 1. The maximum absolute atomic E-state index is 5.41. The van der Waals surface area contributed by atoms with Gasteiger partial charge in [-0.15, -0.1) is 0 Å². The molecule has 1 nitrogen and oxygen atoms in total. The van der Waals surface area contributed by atoms with Gasteiger partial charge in [-0.3, -0.25) is 0 Å². The highest BCUT2D eigenvalue weighted by atomic mass is 14.6. The Hall–Kier alpha value is -0.0400. The minimum atomic E-state index is 0.713. The lowest BCUT2D eigenvalue weighted by Gasteiger charge is -2.04. The molecule has 0 spiro atoms. The van der Waals surface area contributed by atoms with Gasteiger partial charge < -0.3 is 5.73 Å². The summed E-state index contributed by atoms with van der Waals surface area (Å²) in [6.07, 6.45) is 1.06. The highest BCUT2D eigenvalue weighted by molar-refractivity contribution is 4.75. The van der Waals surface area contributed by atoms with Gasteiger partial charge in [0.25, 0.3) is 0 Å². The van der Waals surface area contributed by atoms with E-state index < -0.39 is 0 Å². The summed E-state index contributed by atoms with van der Waals surface area (Å²) >= 11 is 0. The van der Waals surface area contributed by atoms with E-state index in [1.807, 2.05) is 6.92 Å². The first-order chi connectivity index (χ1) is 3.13. The van der Waals surface area contributed by atoms with E-state index in [0.717, 1.165) is 12.5 Å². The van der Waals surface area contributed by atoms with Crippen molar-refractivity contribution in [2.75, 3.05) is 0 Å². The van der Waals surface area contributed by atoms with Crippen molar-refractivity contribution in [2.24, 2.45) is 11.7 Å². The van der Waals surface area contributed by atoms with Crippen molar-refractivity contribution in [1.82, 2.24) is 0 Å². The molecule has 0 rings (SSSR count). The smallest absolute Gasteiger partial charge is 0.0308 e. The van der Waals surface area contributed by atoms with Gasteiger partial charge in [0.15, 0.2) is 0 Å². The molecule has 1 heteroatoms. The Morgan fingerprint density at radius 1 is 1.57 bits per heavy atom. The molecule has 0 aliphatic carbocycles. The van der Waals surface area contributed by atoms with Crippen LogP contribution in [-0.2, 0) is 0 Å². The summed E-state index contributed by atoms with van der Waals surface area (Å²) in [5.74, 6) is 0.713. The van der Waals surface area contributed by atoms with Crippen LogP contribution >= 0.6 is 0 Å². The fourth-order valence-corrected chi connectivity index (χ4v) is 0.644. The lowest BCUT2D eigenvalue weighted by atomic mass is 10.1. The highest BCUT2D eigenvalue weighted by Gasteiger charge is 1.96. The van der Waals surface area contributed by atoms with Crippen molar-refractivity contribution >= 4 is 0 Å². The standard InChI is InChI=1S/C6H14N/c1-5(2)4-6(3)7/h5H,4,7H2,1-3H3. The van der Waals surface area contributed by atoms with E-state index in [0.29, 0.717) is 5.92 Å². The van der Waals surface area contributed by atoms with Crippen LogP contribution in [0.5, 0.6) is 0 Å². The average Bonchev–Trinajstić information content (AvgIpc) is 1.27. The van der Waals surface area contributed by atoms with Crippen molar-refractivity contribution < 1.29 is 0 Å². The third-order valence-corrected chi connectivity index (χ3v) is 0.730. The van der Waals surface area contributed by atoms with Crippen LogP contribution in [-0.4, -0.2) is 0 Å². The van der Waals surface area contributed by atoms with Gasteiger partial charge >= 0.3 is 0 Å². The third kappa shape index (κ3) is 5.96. The van der Waals surface area contributed by atoms with E-state index in [9.17, 15) is 0 Å². The molecular weight excluding hydrogens is 86.1 g/mol. The van der Waals surface area contributed by atoms with Gasteiger partial charge in [-0.25, -0.2) is 0 Å². The largest absolute Gasteiger partial charge is 0.324 e. The number of rotatable bonds is 2. The molecule has 0 aromatic rings. The van der Waals surface area contributed by atoms with E-state index in [-0.39, 0.29) is 0 Å². The van der Waals surface area contributed by atoms with Crippen molar-refractivity contribution in [1.29, 1.82) is 0 Å². The Morgan fingerprint density at radius 2 is 2.00 bits per heavy atom. The predicted molar refractivity (Wildman–Crippen MR) is 32.6 cm³/mol. The van der Waals surface area contributed by atoms with Gasteiger partial charge in [0, 0.05) is 6.04 Å². The first-order valence-electron chi connectivity index (χ1n) is 2.71. The second kappa shape index (κ2) is 3.03. The minimum Gasteiger partial charge on any atom is -0.324 e. The Kier molecular flexibility index (Phi) is 3.01. The molecule has 0 aliphatic rings. The average molecular weight is 100 g/mol. The first kappa shape index (κ1) is 6.96. The van der Waals surface area contributed by atoms with Crippen LogP contribution in [0.25, 0.3) is 0 Å². The van der Waals surface area contributed by atoms with E-state index in [4.69, 9.17) is 5.73 Å².